The second kappa shape index (κ2) is 11.3. The van der Waals surface area contributed by atoms with Crippen LogP contribution in [0.3, 0.4) is 0 Å². The second-order valence-electron chi connectivity index (χ2n) is 13.0. The summed E-state index contributed by atoms with van der Waals surface area (Å²) in [7, 11) is 0. The molecule has 1 amide bonds. The zero-order valence-electron chi connectivity index (χ0n) is 22.5. The van der Waals surface area contributed by atoms with E-state index in [2.05, 4.69) is 36.7 Å². The molecule has 4 aliphatic rings. The van der Waals surface area contributed by atoms with Crippen molar-refractivity contribution in [2.45, 2.75) is 84.3 Å². The molecule has 0 heterocycles. The average molecular weight is 492 g/mol. The third kappa shape index (κ3) is 5.31. The Labute approximate surface area is 213 Å². The number of carbonyl (C=O) groups is 1. The van der Waals surface area contributed by atoms with Crippen LogP contribution in [0.15, 0.2) is 0 Å². The van der Waals surface area contributed by atoms with Gasteiger partial charge in [-0.15, -0.1) is 0 Å². The molecule has 0 bridgehead atoms. The van der Waals surface area contributed by atoms with Gasteiger partial charge in [-0.2, -0.15) is 0 Å². The zero-order chi connectivity index (χ0) is 25.2. The van der Waals surface area contributed by atoms with Crippen LogP contribution in [0.25, 0.3) is 0 Å². The summed E-state index contributed by atoms with van der Waals surface area (Å²) in [5.74, 6) is 3.49. The number of nitrogens with two attached hydrogens (primary N) is 2. The van der Waals surface area contributed by atoms with E-state index in [1.165, 1.54) is 38.5 Å². The van der Waals surface area contributed by atoms with E-state index >= 15 is 0 Å². The van der Waals surface area contributed by atoms with Gasteiger partial charge in [0, 0.05) is 39.3 Å². The van der Waals surface area contributed by atoms with Gasteiger partial charge >= 0.3 is 0 Å². The Bertz CT molecular complexity index is 721. The predicted octanol–water partition coefficient (Wildman–Crippen LogP) is 1.83. The lowest BCUT2D eigenvalue weighted by atomic mass is 9.43. The molecule has 0 radical (unpaired) electrons. The van der Waals surface area contributed by atoms with E-state index in [0.29, 0.717) is 36.3 Å². The summed E-state index contributed by atoms with van der Waals surface area (Å²) in [6.45, 7) is 12.0. The highest BCUT2D eigenvalue weighted by atomic mass is 16.3. The third-order valence-electron chi connectivity index (χ3n) is 11.1. The second-order valence-corrected chi connectivity index (χ2v) is 13.0. The first-order valence-corrected chi connectivity index (χ1v) is 14.5. The van der Waals surface area contributed by atoms with Gasteiger partial charge in [-0.3, -0.25) is 4.79 Å². The maximum atomic E-state index is 13.1. The van der Waals surface area contributed by atoms with E-state index in [1.807, 2.05) is 0 Å². The van der Waals surface area contributed by atoms with Crippen molar-refractivity contribution in [3.63, 3.8) is 0 Å². The Balaban J connectivity index is 1.34. The number of aliphatic hydroxyl groups is 1. The minimum Gasteiger partial charge on any atom is -0.393 e. The van der Waals surface area contributed by atoms with E-state index in [-0.39, 0.29) is 23.3 Å². The van der Waals surface area contributed by atoms with E-state index in [9.17, 15) is 9.90 Å². The quantitative estimate of drug-likeness (QED) is 0.259. The number of rotatable bonds is 10. The molecule has 8 N–H and O–H groups in total. The molecule has 0 aromatic carbocycles. The largest absolute Gasteiger partial charge is 0.393 e. The van der Waals surface area contributed by atoms with Crippen molar-refractivity contribution in [3.8, 4) is 0 Å². The van der Waals surface area contributed by atoms with Gasteiger partial charge in [-0.1, -0.05) is 20.8 Å². The van der Waals surface area contributed by atoms with Gasteiger partial charge in [0.1, 0.15) is 0 Å². The molecule has 7 nitrogen and oxygen atoms in total. The molecule has 0 aromatic rings. The lowest BCUT2D eigenvalue weighted by molar-refractivity contribution is -0.138. The lowest BCUT2D eigenvalue weighted by Crippen LogP contribution is -2.56. The monoisotopic (exact) mass is 491 g/mol. The van der Waals surface area contributed by atoms with Crippen LogP contribution in [0, 0.1) is 46.3 Å². The Morgan fingerprint density at radius 2 is 1.57 bits per heavy atom. The number of hydrogen-bond donors (Lipinski definition) is 6. The van der Waals surface area contributed by atoms with Crippen LogP contribution in [-0.2, 0) is 4.79 Å². The Kier molecular flexibility index (Phi) is 8.85. The molecule has 4 saturated carbocycles. The van der Waals surface area contributed by atoms with Crippen molar-refractivity contribution in [3.05, 3.63) is 0 Å². The van der Waals surface area contributed by atoms with Crippen molar-refractivity contribution < 1.29 is 9.90 Å². The van der Waals surface area contributed by atoms with Crippen LogP contribution in [0.4, 0.5) is 0 Å². The van der Waals surface area contributed by atoms with Crippen molar-refractivity contribution in [1.82, 2.24) is 16.0 Å². The van der Waals surface area contributed by atoms with Gasteiger partial charge in [-0.05, 0) is 97.7 Å². The van der Waals surface area contributed by atoms with Crippen molar-refractivity contribution >= 4 is 5.91 Å². The first-order valence-electron chi connectivity index (χ1n) is 14.5. The van der Waals surface area contributed by atoms with Crippen LogP contribution < -0.4 is 27.4 Å². The fourth-order valence-electron chi connectivity index (χ4n) is 9.52. The standard InChI is InChI=1S/C28H53N5O2/c1-18-17-28(3)22-5-4-19-16-20(34)8-9-27(19,2)21(22)6-7-23(28)24(18)25(30)26(35)33-15-14-32-13-12-31-11-10-29/h18-25,31-32,34H,4-17,29-30H2,1-3H3,(H,33,35)/t18?,19?,20-,21?,22?,23?,24?,25?,27?,28?/m1/s1. The van der Waals surface area contributed by atoms with Crippen LogP contribution in [0.1, 0.15) is 72.1 Å². The molecular formula is C28H53N5O2. The van der Waals surface area contributed by atoms with Gasteiger partial charge in [0.15, 0.2) is 0 Å². The number of nitrogens with one attached hydrogen (secondary N) is 3. The van der Waals surface area contributed by atoms with Crippen LogP contribution in [-0.4, -0.2) is 62.4 Å². The molecule has 4 fully saturated rings. The van der Waals surface area contributed by atoms with Crippen LogP contribution in [0.2, 0.25) is 0 Å². The number of fused-ring (bicyclic) bond motifs is 5. The lowest BCUT2D eigenvalue weighted by Gasteiger charge is -2.62. The minimum absolute atomic E-state index is 0.0215. The first-order chi connectivity index (χ1) is 16.7. The molecule has 202 valence electrons. The van der Waals surface area contributed by atoms with Gasteiger partial charge in [-0.25, -0.2) is 0 Å². The molecule has 35 heavy (non-hydrogen) atoms. The molecule has 7 heteroatoms. The fraction of sp³-hybridized carbons (Fsp3) is 0.964. The maximum Gasteiger partial charge on any atom is 0.237 e. The first kappa shape index (κ1) is 27.3. The Morgan fingerprint density at radius 1 is 0.943 bits per heavy atom. The number of hydrogen-bond acceptors (Lipinski definition) is 6. The molecular weight excluding hydrogens is 438 g/mol. The Morgan fingerprint density at radius 3 is 2.31 bits per heavy atom. The topological polar surface area (TPSA) is 125 Å². The molecule has 0 saturated heterocycles. The number of aliphatic hydroxyl groups excluding tert-OH is 1. The molecule has 10 atom stereocenters. The summed E-state index contributed by atoms with van der Waals surface area (Å²) in [5.41, 5.74) is 12.9. The smallest absolute Gasteiger partial charge is 0.237 e. The highest BCUT2D eigenvalue weighted by Crippen LogP contribution is 2.69. The van der Waals surface area contributed by atoms with Gasteiger partial charge in [0.2, 0.25) is 5.91 Å². The van der Waals surface area contributed by atoms with Gasteiger partial charge in [0.25, 0.3) is 0 Å². The third-order valence-corrected chi connectivity index (χ3v) is 11.1. The molecule has 0 spiro atoms. The summed E-state index contributed by atoms with van der Waals surface area (Å²) in [4.78, 5) is 13.1. The van der Waals surface area contributed by atoms with Crippen molar-refractivity contribution in [2.24, 2.45) is 57.8 Å². The average Bonchev–Trinajstić information content (AvgIpc) is 3.10. The molecule has 4 aliphatic carbocycles. The van der Waals surface area contributed by atoms with E-state index < -0.39 is 6.04 Å². The summed E-state index contributed by atoms with van der Waals surface area (Å²) in [5, 5.41) is 20.0. The van der Waals surface area contributed by atoms with Crippen LogP contribution in [0.5, 0.6) is 0 Å². The fourth-order valence-corrected chi connectivity index (χ4v) is 9.52. The molecule has 9 unspecified atom stereocenters. The molecule has 0 aliphatic heterocycles. The Hall–Kier alpha value is -0.730. The highest BCUT2D eigenvalue weighted by molar-refractivity contribution is 5.82. The molecule has 0 aromatic heterocycles. The van der Waals surface area contributed by atoms with E-state index in [1.54, 1.807) is 0 Å². The number of amides is 1. The normalized spacial score (nSPS) is 43.7. The van der Waals surface area contributed by atoms with Crippen molar-refractivity contribution in [2.75, 3.05) is 39.3 Å². The van der Waals surface area contributed by atoms with Crippen LogP contribution >= 0.6 is 0 Å². The maximum absolute atomic E-state index is 13.1. The molecule has 4 rings (SSSR count). The zero-order valence-corrected chi connectivity index (χ0v) is 22.5. The van der Waals surface area contributed by atoms with E-state index in [0.717, 1.165) is 50.9 Å². The summed E-state index contributed by atoms with van der Waals surface area (Å²) in [6.07, 6.45) is 9.29. The highest BCUT2D eigenvalue weighted by Gasteiger charge is 2.63. The summed E-state index contributed by atoms with van der Waals surface area (Å²) < 4.78 is 0. The van der Waals surface area contributed by atoms with Crippen molar-refractivity contribution in [1.29, 1.82) is 0 Å². The summed E-state index contributed by atoms with van der Waals surface area (Å²) in [6, 6.07) is -0.420. The van der Waals surface area contributed by atoms with Gasteiger partial charge < -0.3 is 32.5 Å². The SMILES string of the molecule is CC1CC2(C)C(CCC3C2CCC2C[C@H](O)CCC23C)C1C(N)C(=O)NCCNCCNCCN. The van der Waals surface area contributed by atoms with E-state index in [4.69, 9.17) is 11.5 Å². The predicted molar refractivity (Wildman–Crippen MR) is 142 cm³/mol. The number of carbonyl (C=O) groups excluding carboxylic acids is 1. The van der Waals surface area contributed by atoms with Gasteiger partial charge in [0.05, 0.1) is 12.1 Å². The summed E-state index contributed by atoms with van der Waals surface area (Å²) >= 11 is 0. The minimum atomic E-state index is -0.420.